The van der Waals surface area contributed by atoms with Crippen molar-refractivity contribution in [3.05, 3.63) is 11.6 Å². The number of ketones is 1. The first kappa shape index (κ1) is 37.4. The second-order valence-electron chi connectivity index (χ2n) is 19.2. The molecule has 0 aromatic carbocycles. The number of carbonyl (C=O) groups excluding carboxylic acids is 1. The highest BCUT2D eigenvalue weighted by Crippen LogP contribution is 2.72. The van der Waals surface area contributed by atoms with E-state index in [9.17, 15) is 30.3 Å². The molecule has 4 saturated carbocycles. The highest BCUT2D eigenvalue weighted by Gasteiger charge is 2.74. The SMILES string of the molecule is CCC[C@](O)([C@@H]1O[C@@H]1[C@](C)(O)[C@](C)(CO)CCC1CC[NH2+]C(N)C1)[C@@H]1CC[C@]2(O)C3=CC(=O)[C@H]4C[C@@H](O)CC[C@]4(C4CCCC4)[C@@H]3CC[C@]12C. The number of fused-ring (bicyclic) bond motifs is 5. The van der Waals surface area contributed by atoms with Gasteiger partial charge in [-0.25, -0.2) is 0 Å². The Hall–Kier alpha value is -0.910. The van der Waals surface area contributed by atoms with Crippen LogP contribution >= 0.6 is 0 Å². The lowest BCUT2D eigenvalue weighted by atomic mass is 9.42. The summed E-state index contributed by atoms with van der Waals surface area (Å²) in [6.45, 7) is 8.74. The van der Waals surface area contributed by atoms with Gasteiger partial charge >= 0.3 is 0 Å². The molecule has 0 aromatic rings. The van der Waals surface area contributed by atoms with Gasteiger partial charge in [0, 0.05) is 23.2 Å². The first-order valence-electron chi connectivity index (χ1n) is 20.6. The van der Waals surface area contributed by atoms with Crippen LogP contribution in [0.1, 0.15) is 137 Å². The molecule has 2 aliphatic heterocycles. The molecule has 0 radical (unpaired) electrons. The van der Waals surface area contributed by atoms with E-state index in [2.05, 4.69) is 19.2 Å². The number of allylic oxidation sites excluding steroid dienone is 1. The summed E-state index contributed by atoms with van der Waals surface area (Å²) in [6.07, 6.45) is 14.4. The fraction of sp³-hybridized carbons (Fsp3) is 0.927. The fourth-order valence-electron chi connectivity index (χ4n) is 13.7. The molecule has 6 fully saturated rings. The standard InChI is InChI=1S/C41H68N2O7/c1-5-15-40(48,35-34(50-35)38(4,47)36(2,24-44)16-10-25-14-20-43-33(42)21-25)32-13-19-41(49)29-23-31(46)30-22-27(45)11-18-39(30,26-8-6-7-9-26)28(29)12-17-37(32,41)3/h23,25-28,30,32-35,43-45,47-49H,5-22,24,42H2,1-4H3/p+1/t25?,27-,28+,30+,32+,33?,34-,35+,36-,37+,38-,39-,40+,41-/m0/s1. The Labute approximate surface area is 300 Å². The van der Waals surface area contributed by atoms with Crippen LogP contribution in [0, 0.1) is 45.8 Å². The maximum Gasteiger partial charge on any atom is 0.159 e. The molecule has 9 heteroatoms. The van der Waals surface area contributed by atoms with Gasteiger partial charge in [-0.1, -0.05) is 40.0 Å². The Balaban J connectivity index is 1.16. The van der Waals surface area contributed by atoms with E-state index in [1.165, 1.54) is 12.8 Å². The van der Waals surface area contributed by atoms with E-state index < -0.39 is 45.9 Å². The first-order valence-corrected chi connectivity index (χ1v) is 20.6. The van der Waals surface area contributed by atoms with Crippen molar-refractivity contribution >= 4 is 5.78 Å². The molecule has 2 heterocycles. The third-order valence-electron chi connectivity index (χ3n) is 16.9. The maximum atomic E-state index is 14.1. The van der Waals surface area contributed by atoms with Crippen LogP contribution in [0.5, 0.6) is 0 Å². The monoisotopic (exact) mass is 702 g/mol. The third kappa shape index (κ3) is 5.48. The predicted molar refractivity (Wildman–Crippen MR) is 190 cm³/mol. The van der Waals surface area contributed by atoms with Crippen LogP contribution in [0.4, 0.5) is 0 Å². The number of quaternary nitrogens is 1. The van der Waals surface area contributed by atoms with Gasteiger partial charge in [-0.3, -0.25) is 10.5 Å². The fourth-order valence-corrected chi connectivity index (χ4v) is 13.7. The molecule has 0 bridgehead atoms. The van der Waals surface area contributed by atoms with E-state index >= 15 is 0 Å². The molecule has 7 rings (SSSR count). The van der Waals surface area contributed by atoms with Crippen molar-refractivity contribution in [3.63, 3.8) is 0 Å². The molecule has 2 saturated heterocycles. The van der Waals surface area contributed by atoms with Crippen molar-refractivity contribution in [3.8, 4) is 0 Å². The summed E-state index contributed by atoms with van der Waals surface area (Å²) in [7, 11) is 0. The number of piperidine rings is 1. The Kier molecular flexibility index (Phi) is 9.83. The zero-order valence-electron chi connectivity index (χ0n) is 31.4. The van der Waals surface area contributed by atoms with Crippen molar-refractivity contribution < 1.29 is 40.4 Å². The van der Waals surface area contributed by atoms with Gasteiger partial charge in [-0.15, -0.1) is 0 Å². The summed E-state index contributed by atoms with van der Waals surface area (Å²) in [5.74, 6) is 0.642. The summed E-state index contributed by atoms with van der Waals surface area (Å²) < 4.78 is 6.40. The highest BCUT2D eigenvalue weighted by molar-refractivity contribution is 5.95. The molecular formula is C41H69N2O7+. The molecule has 0 aromatic heterocycles. The van der Waals surface area contributed by atoms with Gasteiger partial charge in [0.25, 0.3) is 0 Å². The van der Waals surface area contributed by atoms with Crippen LogP contribution in [0.25, 0.3) is 0 Å². The summed E-state index contributed by atoms with van der Waals surface area (Å²) >= 11 is 0. The molecule has 50 heavy (non-hydrogen) atoms. The lowest BCUT2D eigenvalue weighted by Gasteiger charge is -2.63. The Morgan fingerprint density at radius 2 is 1.72 bits per heavy atom. The molecule has 7 aliphatic rings. The number of carbonyl (C=O) groups is 1. The number of aliphatic hydroxyl groups is 5. The lowest BCUT2D eigenvalue weighted by Crippen LogP contribution is -2.94. The minimum Gasteiger partial charge on any atom is -0.396 e. The molecule has 0 amide bonds. The van der Waals surface area contributed by atoms with Crippen molar-refractivity contribution in [1.29, 1.82) is 0 Å². The van der Waals surface area contributed by atoms with Gasteiger partial charge in [0.05, 0.1) is 36.1 Å². The minimum atomic E-state index is -1.38. The summed E-state index contributed by atoms with van der Waals surface area (Å²) in [5.41, 5.74) is 1.56. The van der Waals surface area contributed by atoms with Crippen LogP contribution in [-0.4, -0.2) is 85.7 Å². The first-order chi connectivity index (χ1) is 23.6. The van der Waals surface area contributed by atoms with Crippen LogP contribution in [0.15, 0.2) is 11.6 Å². The van der Waals surface area contributed by atoms with Gasteiger partial charge < -0.3 is 35.6 Å². The summed E-state index contributed by atoms with van der Waals surface area (Å²) in [5, 5.41) is 61.9. The lowest BCUT2D eigenvalue weighted by molar-refractivity contribution is -0.699. The average molecular weight is 702 g/mol. The van der Waals surface area contributed by atoms with Crippen LogP contribution < -0.4 is 11.1 Å². The zero-order chi connectivity index (χ0) is 35.9. The van der Waals surface area contributed by atoms with Crippen LogP contribution in [0.3, 0.4) is 0 Å². The predicted octanol–water partition coefficient (Wildman–Crippen LogP) is 3.48. The number of nitrogens with two attached hydrogens (primary N) is 2. The Morgan fingerprint density at radius 3 is 2.40 bits per heavy atom. The number of aliphatic hydroxyl groups excluding tert-OH is 2. The molecular weight excluding hydrogens is 632 g/mol. The van der Waals surface area contributed by atoms with Crippen molar-refractivity contribution in [2.75, 3.05) is 13.2 Å². The number of hydrogen-bond donors (Lipinski definition) is 7. The van der Waals surface area contributed by atoms with Crippen molar-refractivity contribution in [2.45, 2.75) is 178 Å². The van der Waals surface area contributed by atoms with E-state index in [-0.39, 0.29) is 41.7 Å². The van der Waals surface area contributed by atoms with Crippen molar-refractivity contribution in [1.82, 2.24) is 0 Å². The van der Waals surface area contributed by atoms with Gasteiger partial charge in [0.2, 0.25) is 0 Å². The maximum absolute atomic E-state index is 14.1. The number of rotatable bonds is 11. The smallest absolute Gasteiger partial charge is 0.159 e. The van der Waals surface area contributed by atoms with E-state index in [0.717, 1.165) is 76.3 Å². The number of epoxide rings is 1. The summed E-state index contributed by atoms with van der Waals surface area (Å²) in [6, 6.07) is 0. The Morgan fingerprint density at radius 1 is 0.980 bits per heavy atom. The molecule has 0 spiro atoms. The van der Waals surface area contributed by atoms with E-state index in [0.29, 0.717) is 43.9 Å². The normalized spacial score (nSPS) is 46.9. The highest BCUT2D eigenvalue weighted by atomic mass is 16.6. The van der Waals surface area contributed by atoms with Crippen molar-refractivity contribution in [2.24, 2.45) is 51.6 Å². The quantitative estimate of drug-likeness (QED) is 0.161. The van der Waals surface area contributed by atoms with E-state index in [1.807, 2.05) is 6.92 Å². The average Bonchev–Trinajstić information content (AvgIpc) is 3.63. The van der Waals surface area contributed by atoms with Gasteiger partial charge in [-0.05, 0) is 131 Å². The third-order valence-corrected chi connectivity index (χ3v) is 16.9. The Bertz CT molecular complexity index is 1320. The van der Waals surface area contributed by atoms with E-state index in [4.69, 9.17) is 10.5 Å². The molecule has 5 aliphatic carbocycles. The zero-order valence-corrected chi connectivity index (χ0v) is 31.4. The van der Waals surface area contributed by atoms with Crippen LogP contribution in [-0.2, 0) is 9.53 Å². The molecule has 9 N–H and O–H groups in total. The van der Waals surface area contributed by atoms with Gasteiger partial charge in [-0.2, -0.15) is 0 Å². The second kappa shape index (κ2) is 13.1. The molecule has 2 unspecified atom stereocenters. The van der Waals surface area contributed by atoms with Gasteiger partial charge in [0.15, 0.2) is 5.78 Å². The van der Waals surface area contributed by atoms with Crippen LogP contribution in [0.2, 0.25) is 0 Å². The second-order valence-corrected chi connectivity index (χ2v) is 19.2. The molecule has 284 valence electrons. The largest absolute Gasteiger partial charge is 0.396 e. The minimum absolute atomic E-state index is 0.0881. The number of ether oxygens (including phenoxy) is 1. The number of hydrogen-bond acceptors (Lipinski definition) is 8. The topological polar surface area (TPSA) is 173 Å². The summed E-state index contributed by atoms with van der Waals surface area (Å²) in [4.78, 5) is 14.1. The molecule has 9 nitrogen and oxygen atoms in total. The molecule has 14 atom stereocenters. The van der Waals surface area contributed by atoms with E-state index in [1.54, 1.807) is 13.0 Å². The van der Waals surface area contributed by atoms with Gasteiger partial charge in [0.1, 0.15) is 18.4 Å².